The topological polar surface area (TPSA) is 164 Å². The molecule has 99 heavy (non-hydrogen) atoms. The average Bonchev–Trinajstić information content (AvgIpc) is 0.734. The summed E-state index contributed by atoms with van der Waals surface area (Å²) in [6.07, 6.45) is 0. The number of rotatable bonds is 13. The summed E-state index contributed by atoms with van der Waals surface area (Å²) in [6, 6.07) is 33.0. The van der Waals surface area contributed by atoms with E-state index >= 15 is 0 Å². The molecule has 0 aliphatic carbocycles. The van der Waals surface area contributed by atoms with Crippen LogP contribution in [0.2, 0.25) is 0 Å². The second-order valence-corrected chi connectivity index (χ2v) is 39.7. The van der Waals surface area contributed by atoms with E-state index in [4.69, 9.17) is 54.4 Å². The molecule has 0 saturated heterocycles. The molecular formula is C76H106F6O12P2PdS2. The van der Waals surface area contributed by atoms with Crippen molar-refractivity contribution in [2.24, 2.45) is 0 Å². The molecule has 0 bridgehead atoms. The van der Waals surface area contributed by atoms with Crippen molar-refractivity contribution in [2.45, 2.75) is 221 Å². The molecule has 0 aliphatic heterocycles. The van der Waals surface area contributed by atoms with E-state index in [-0.39, 0.29) is 63.7 Å². The van der Waals surface area contributed by atoms with Gasteiger partial charge in [-0.3, -0.25) is 9.11 Å². The van der Waals surface area contributed by atoms with Gasteiger partial charge < -0.3 is 28.4 Å². The van der Waals surface area contributed by atoms with Crippen LogP contribution in [-0.4, -0.2) is 79.6 Å². The van der Waals surface area contributed by atoms with E-state index in [0.29, 0.717) is 0 Å². The second kappa shape index (κ2) is 31.2. The normalized spacial score (nSPS) is 13.2. The van der Waals surface area contributed by atoms with Gasteiger partial charge in [0, 0.05) is 76.1 Å². The van der Waals surface area contributed by atoms with Crippen molar-refractivity contribution in [2.75, 3.05) is 42.7 Å². The minimum absolute atomic E-state index is 0. The predicted molar refractivity (Wildman–Crippen MR) is 393 cm³/mol. The third kappa shape index (κ3) is 20.7. The van der Waals surface area contributed by atoms with E-state index in [9.17, 15) is 26.3 Å². The molecule has 0 radical (unpaired) electrons. The van der Waals surface area contributed by atoms with Crippen molar-refractivity contribution >= 4 is 67.9 Å². The van der Waals surface area contributed by atoms with Gasteiger partial charge in [0.15, 0.2) is 0 Å². The maximum atomic E-state index is 10.7. The summed E-state index contributed by atoms with van der Waals surface area (Å²) >= 11 is 0. The zero-order valence-corrected chi connectivity index (χ0v) is 68.3. The first-order valence-electron chi connectivity index (χ1n) is 31.9. The van der Waals surface area contributed by atoms with Gasteiger partial charge in [0.05, 0.1) is 42.7 Å². The number of ether oxygens (including phenoxy) is 6. The zero-order valence-electron chi connectivity index (χ0n) is 63.4. The van der Waals surface area contributed by atoms with Crippen LogP contribution in [-0.2, 0) is 84.0 Å². The Balaban J connectivity index is 0.00000133. The molecule has 23 heteroatoms. The van der Waals surface area contributed by atoms with E-state index in [1.807, 2.05) is 42.7 Å². The zero-order chi connectivity index (χ0) is 76.0. The van der Waals surface area contributed by atoms with Crippen molar-refractivity contribution in [1.82, 2.24) is 0 Å². The molecule has 0 aliphatic rings. The standard InChI is InChI=1S/C74H104O6P2.2CHF3O3S.Pd/c1-67(2,3)49-37-45(38-50(63(49)77-27)68(4,5)6)81(46-39-51(69(7,8)9)64(78-28)52(40-46)70(10,11)12)59-35-31-33-57(75-25)61(59)62-58(76-26)34-32-36-60(62)82(47-41-53(71(13,14)15)65(79-29)54(42-47)72(16,17)18)48-43-55(73(19,20)21)66(80-30)56(44-48)74(22,23)24;2*2-1(3,4)8(5,6)7;/h31-44H,1-30H3;2*(H,5,6,7);. The Morgan fingerprint density at radius 1 is 0.303 bits per heavy atom. The van der Waals surface area contributed by atoms with E-state index in [2.05, 4.69) is 251 Å². The first-order chi connectivity index (χ1) is 44.0. The van der Waals surface area contributed by atoms with Gasteiger partial charge in [0.2, 0.25) is 0 Å². The molecule has 0 fully saturated rings. The Hall–Kier alpha value is -4.96. The first kappa shape index (κ1) is 88.3. The molecule has 0 saturated carbocycles. The van der Waals surface area contributed by atoms with Crippen LogP contribution in [0, 0.1) is 0 Å². The molecule has 6 aromatic rings. The number of alkyl halides is 6. The van der Waals surface area contributed by atoms with Crippen LogP contribution in [0.3, 0.4) is 0 Å². The number of hydrogen-bond donors (Lipinski definition) is 2. The molecule has 0 aromatic heterocycles. The van der Waals surface area contributed by atoms with Crippen molar-refractivity contribution in [3.05, 3.63) is 129 Å². The predicted octanol–water partition coefficient (Wildman–Crippen LogP) is 18.1. The number of hydrogen-bond acceptors (Lipinski definition) is 10. The number of benzene rings is 6. The van der Waals surface area contributed by atoms with Crippen LogP contribution in [0.1, 0.15) is 211 Å². The van der Waals surface area contributed by atoms with Crippen LogP contribution >= 0.6 is 15.8 Å². The van der Waals surface area contributed by atoms with Crippen LogP contribution in [0.4, 0.5) is 26.3 Å². The largest absolute Gasteiger partial charge is 0.522 e. The third-order valence-corrected chi connectivity index (χ3v) is 22.4. The minimum Gasteiger partial charge on any atom is -0.496 e. The number of halogens is 6. The van der Waals surface area contributed by atoms with Gasteiger partial charge in [0.25, 0.3) is 0 Å². The Labute approximate surface area is 603 Å². The van der Waals surface area contributed by atoms with Crippen LogP contribution in [0.5, 0.6) is 34.5 Å². The Kier molecular flexibility index (Phi) is 27.8. The van der Waals surface area contributed by atoms with E-state index < -0.39 is 47.1 Å². The maximum Gasteiger partial charge on any atom is 0.522 e. The molecule has 0 heterocycles. The van der Waals surface area contributed by atoms with Gasteiger partial charge in [-0.25, -0.2) is 0 Å². The van der Waals surface area contributed by atoms with Crippen molar-refractivity contribution in [1.29, 1.82) is 0 Å². The van der Waals surface area contributed by atoms with Crippen molar-refractivity contribution in [3.8, 4) is 45.6 Å². The SMILES string of the molecule is COc1cccc(P(c2cc(C(C)(C)C)c(OC)c(C(C)(C)C)c2)c2cc(C(C)(C)C)c(OC)c(C(C)(C)C)c2)c1-c1c(OC)cccc1P(c1cc(C(C)(C)C)c(OC)c(C(C)(C)C)c1)c1cc(C(C)(C)C)c(OC)c(C(C)(C)C)c1.O=S(=O)(O)C(F)(F)F.O=S(=O)(O)C(F)(F)F.[Pd]. The second-order valence-electron chi connectivity index (χ2n) is 32.5. The molecule has 0 atom stereocenters. The molecule has 2 N–H and O–H groups in total. The molecular weight excluding hydrogens is 1450 g/mol. The summed E-state index contributed by atoms with van der Waals surface area (Å²) in [5.74, 6) is 5.30. The molecule has 0 unspecified atom stereocenters. The summed E-state index contributed by atoms with van der Waals surface area (Å²) in [4.78, 5) is 0. The minimum atomic E-state index is -5.84. The van der Waals surface area contributed by atoms with Crippen LogP contribution < -0.4 is 60.2 Å². The molecule has 12 nitrogen and oxygen atoms in total. The molecule has 0 spiro atoms. The van der Waals surface area contributed by atoms with Gasteiger partial charge in [0.1, 0.15) is 34.5 Å². The van der Waals surface area contributed by atoms with Gasteiger partial charge in [-0.05, 0) is 152 Å². The van der Waals surface area contributed by atoms with E-state index in [0.717, 1.165) is 56.2 Å². The number of methoxy groups -OCH3 is 6. The maximum absolute atomic E-state index is 10.7. The molecule has 6 rings (SSSR count). The van der Waals surface area contributed by atoms with Crippen molar-refractivity contribution < 1.29 is 101 Å². The Morgan fingerprint density at radius 2 is 0.455 bits per heavy atom. The van der Waals surface area contributed by atoms with Crippen molar-refractivity contribution in [3.63, 3.8) is 0 Å². The summed E-state index contributed by atoms with van der Waals surface area (Å²) in [7, 11) is -3.59. The van der Waals surface area contributed by atoms with E-state index in [1.165, 1.54) is 65.7 Å². The third-order valence-electron chi connectivity index (χ3n) is 16.4. The quantitative estimate of drug-likeness (QED) is 0.0370. The fourth-order valence-corrected chi connectivity index (χ4v) is 16.6. The van der Waals surface area contributed by atoms with E-state index in [1.54, 1.807) is 0 Å². The summed E-state index contributed by atoms with van der Waals surface area (Å²) in [5, 5.41) is 7.22. The van der Waals surface area contributed by atoms with Gasteiger partial charge >= 0.3 is 31.3 Å². The Morgan fingerprint density at radius 3 is 0.566 bits per heavy atom. The van der Waals surface area contributed by atoms with Crippen LogP contribution in [0.15, 0.2) is 84.9 Å². The molecule has 556 valence electrons. The molecule has 0 amide bonds. The van der Waals surface area contributed by atoms with Gasteiger partial charge in [-0.2, -0.15) is 43.2 Å². The summed E-state index contributed by atoms with van der Waals surface area (Å²) < 4.78 is 155. The Bertz CT molecular complexity index is 3510. The first-order valence-corrected chi connectivity index (χ1v) is 37.5. The fourth-order valence-electron chi connectivity index (χ4n) is 11.4. The molecule has 6 aromatic carbocycles. The monoisotopic (exact) mass is 1560 g/mol. The van der Waals surface area contributed by atoms with Gasteiger partial charge in [-0.1, -0.05) is 190 Å². The summed E-state index contributed by atoms with van der Waals surface area (Å²) in [5.41, 5.74) is -1.77. The summed E-state index contributed by atoms with van der Waals surface area (Å²) in [6.45, 7) is 55.3. The van der Waals surface area contributed by atoms with Gasteiger partial charge in [-0.15, -0.1) is 0 Å². The fraction of sp³-hybridized carbons (Fsp3) is 0.526. The van der Waals surface area contributed by atoms with Crippen LogP contribution in [0.25, 0.3) is 11.1 Å². The smallest absolute Gasteiger partial charge is 0.496 e. The average molecular weight is 1560 g/mol.